The van der Waals surface area contributed by atoms with Crippen molar-refractivity contribution in [3.63, 3.8) is 0 Å². The van der Waals surface area contributed by atoms with Crippen LogP contribution in [-0.4, -0.2) is 45.9 Å². The molecule has 0 saturated carbocycles. The average molecular weight is 635 g/mol. The van der Waals surface area contributed by atoms with Crippen LogP contribution in [0.4, 0.5) is 4.79 Å². The molecule has 1 fully saturated rings. The number of esters is 1. The lowest BCUT2D eigenvalue weighted by Crippen LogP contribution is -2.38. The molecular formula is C37H38N4O6. The van der Waals surface area contributed by atoms with E-state index in [0.29, 0.717) is 19.5 Å². The van der Waals surface area contributed by atoms with E-state index in [1.54, 1.807) is 6.92 Å². The Morgan fingerprint density at radius 1 is 0.894 bits per heavy atom. The summed E-state index contributed by atoms with van der Waals surface area (Å²) >= 11 is 0. The van der Waals surface area contributed by atoms with Crippen molar-refractivity contribution in [2.45, 2.75) is 51.5 Å². The van der Waals surface area contributed by atoms with Gasteiger partial charge in [0, 0.05) is 18.5 Å². The van der Waals surface area contributed by atoms with Gasteiger partial charge in [-0.2, -0.15) is 0 Å². The van der Waals surface area contributed by atoms with Gasteiger partial charge in [-0.3, -0.25) is 4.79 Å². The molecule has 1 aliphatic rings. The number of rotatable bonds is 11. The number of amides is 2. The van der Waals surface area contributed by atoms with Crippen molar-refractivity contribution in [1.29, 1.82) is 0 Å². The second-order valence-corrected chi connectivity index (χ2v) is 11.4. The topological polar surface area (TPSA) is 124 Å². The summed E-state index contributed by atoms with van der Waals surface area (Å²) in [6, 6.07) is 31.5. The molecule has 6 rings (SSSR count). The Balaban J connectivity index is 1.19. The highest BCUT2D eigenvalue weighted by molar-refractivity contribution is 5.80. The first kappa shape index (κ1) is 31.9. The lowest BCUT2D eigenvalue weighted by Gasteiger charge is -2.36. The van der Waals surface area contributed by atoms with Gasteiger partial charge in [0.05, 0.1) is 49.3 Å². The number of hydrogen-bond donors (Lipinski definition) is 3. The smallest absolute Gasteiger partial charge is 0.325 e. The number of nitrogens with zero attached hydrogens (tertiary/aromatic N) is 2. The molecule has 1 aromatic heterocycles. The van der Waals surface area contributed by atoms with Crippen LogP contribution in [0, 0.1) is 0 Å². The van der Waals surface area contributed by atoms with E-state index in [9.17, 15) is 14.7 Å². The molecule has 242 valence electrons. The first-order valence-corrected chi connectivity index (χ1v) is 15.8. The molecule has 10 heteroatoms. The van der Waals surface area contributed by atoms with Crippen LogP contribution in [-0.2, 0) is 38.7 Å². The van der Waals surface area contributed by atoms with Crippen molar-refractivity contribution < 1.29 is 28.9 Å². The summed E-state index contributed by atoms with van der Waals surface area (Å²) in [5.74, 6) is -0.483. The maximum Gasteiger partial charge on any atom is 0.325 e. The molecule has 5 aromatic rings. The van der Waals surface area contributed by atoms with Gasteiger partial charge in [-0.1, -0.05) is 72.8 Å². The standard InChI is InChI=1S/C37H38N4O6/c1-2-45-35(43)21-39-37(44)38-20-26-7-5-8-28(17-26)29-9-6-10-30(18-29)36-46-31(22-41-24-40-32-11-3-4-12-33(32)41)19-34(47-36)27-15-13-25(23-42)14-16-27/h3-18,24,31,34,36,42H,2,19-23H2,1H3,(H2,38,39,44)/t31-,34+,36+/m0/s1. The van der Waals surface area contributed by atoms with Gasteiger partial charge >= 0.3 is 12.0 Å². The third-order valence-electron chi connectivity index (χ3n) is 8.11. The number of carbonyl (C=O) groups is 2. The van der Waals surface area contributed by atoms with Gasteiger partial charge in [0.15, 0.2) is 6.29 Å². The zero-order valence-electron chi connectivity index (χ0n) is 26.2. The number of para-hydroxylation sites is 2. The van der Waals surface area contributed by atoms with Crippen molar-refractivity contribution >= 4 is 23.0 Å². The van der Waals surface area contributed by atoms with Gasteiger partial charge in [-0.15, -0.1) is 0 Å². The highest BCUT2D eigenvalue weighted by atomic mass is 16.7. The van der Waals surface area contributed by atoms with Gasteiger partial charge in [0.1, 0.15) is 6.54 Å². The number of fused-ring (bicyclic) bond motifs is 1. The Kier molecular flexibility index (Phi) is 10.2. The fraction of sp³-hybridized carbons (Fsp3) is 0.270. The Bertz CT molecular complexity index is 1820. The molecule has 3 atom stereocenters. The predicted octanol–water partition coefficient (Wildman–Crippen LogP) is 5.80. The van der Waals surface area contributed by atoms with Crippen molar-refractivity contribution in [3.8, 4) is 11.1 Å². The number of hydrogen-bond acceptors (Lipinski definition) is 7. The largest absolute Gasteiger partial charge is 0.465 e. The van der Waals surface area contributed by atoms with E-state index in [-0.39, 0.29) is 32.0 Å². The zero-order valence-corrected chi connectivity index (χ0v) is 26.2. The summed E-state index contributed by atoms with van der Waals surface area (Å²) in [7, 11) is 0. The van der Waals surface area contributed by atoms with Crippen LogP contribution in [0.3, 0.4) is 0 Å². The Morgan fingerprint density at radius 3 is 2.49 bits per heavy atom. The van der Waals surface area contributed by atoms with Crippen LogP contribution < -0.4 is 10.6 Å². The summed E-state index contributed by atoms with van der Waals surface area (Å²) in [4.78, 5) is 28.3. The molecule has 0 unspecified atom stereocenters. The van der Waals surface area contributed by atoms with Gasteiger partial charge in [-0.05, 0) is 59.0 Å². The van der Waals surface area contributed by atoms with Crippen LogP contribution in [0.15, 0.2) is 103 Å². The Morgan fingerprint density at radius 2 is 1.68 bits per heavy atom. The molecule has 0 radical (unpaired) electrons. The van der Waals surface area contributed by atoms with Gasteiger partial charge in [0.2, 0.25) is 0 Å². The van der Waals surface area contributed by atoms with Crippen molar-refractivity contribution in [3.05, 3.63) is 126 Å². The third kappa shape index (κ3) is 8.04. The molecular weight excluding hydrogens is 596 g/mol. The minimum atomic E-state index is -0.612. The van der Waals surface area contributed by atoms with Crippen LogP contribution in [0.1, 0.15) is 48.0 Å². The third-order valence-corrected chi connectivity index (χ3v) is 8.11. The van der Waals surface area contributed by atoms with E-state index < -0.39 is 18.3 Å². The first-order chi connectivity index (χ1) is 23.0. The monoisotopic (exact) mass is 634 g/mol. The number of nitrogens with one attached hydrogen (secondary N) is 2. The van der Waals surface area contributed by atoms with E-state index >= 15 is 0 Å². The van der Waals surface area contributed by atoms with Crippen molar-refractivity contribution in [2.24, 2.45) is 0 Å². The molecule has 10 nitrogen and oxygen atoms in total. The predicted molar refractivity (Wildman–Crippen MR) is 177 cm³/mol. The molecule has 2 amide bonds. The fourth-order valence-electron chi connectivity index (χ4n) is 5.74. The van der Waals surface area contributed by atoms with E-state index in [0.717, 1.165) is 44.4 Å². The Labute approximate surface area is 273 Å². The minimum Gasteiger partial charge on any atom is -0.465 e. The van der Waals surface area contributed by atoms with Gasteiger partial charge < -0.3 is 34.5 Å². The first-order valence-electron chi connectivity index (χ1n) is 15.8. The molecule has 1 saturated heterocycles. The molecule has 0 aliphatic carbocycles. The number of ether oxygens (including phenoxy) is 3. The molecule has 2 heterocycles. The molecule has 47 heavy (non-hydrogen) atoms. The number of aliphatic hydroxyl groups excluding tert-OH is 1. The average Bonchev–Trinajstić information content (AvgIpc) is 3.52. The number of benzene rings is 4. The van der Waals surface area contributed by atoms with Crippen LogP contribution in [0.2, 0.25) is 0 Å². The maximum atomic E-state index is 12.2. The normalized spacial score (nSPS) is 17.7. The SMILES string of the molecule is CCOC(=O)CNC(=O)NCc1cccc(-c2cccc([C@@H]3O[C@H](Cn4cnc5ccccc54)C[C@H](c4ccc(CO)cc4)O3)c2)c1. The van der Waals surface area contributed by atoms with E-state index in [1.165, 1.54) is 0 Å². The highest BCUT2D eigenvalue weighted by Crippen LogP contribution is 2.39. The molecule has 1 aliphatic heterocycles. The van der Waals surface area contributed by atoms with E-state index in [1.807, 2.05) is 91.3 Å². The molecule has 0 spiro atoms. The Hall–Kier alpha value is -5.03. The molecule has 3 N–H and O–H groups in total. The maximum absolute atomic E-state index is 12.2. The summed E-state index contributed by atoms with van der Waals surface area (Å²) in [5.41, 5.74) is 7.62. The number of aliphatic hydroxyl groups is 1. The summed E-state index contributed by atoms with van der Waals surface area (Å²) in [6.07, 6.45) is 1.54. The number of aromatic nitrogens is 2. The number of imidazole rings is 1. The number of urea groups is 1. The second kappa shape index (κ2) is 15.0. The van der Waals surface area contributed by atoms with Crippen molar-refractivity contribution in [2.75, 3.05) is 13.2 Å². The lowest BCUT2D eigenvalue weighted by atomic mass is 9.98. The summed E-state index contributed by atoms with van der Waals surface area (Å²) < 4.78 is 20.2. The lowest BCUT2D eigenvalue weighted by molar-refractivity contribution is -0.252. The second-order valence-electron chi connectivity index (χ2n) is 11.4. The van der Waals surface area contributed by atoms with Gasteiger partial charge in [0.25, 0.3) is 0 Å². The van der Waals surface area contributed by atoms with Crippen LogP contribution >= 0.6 is 0 Å². The van der Waals surface area contributed by atoms with E-state index in [4.69, 9.17) is 14.2 Å². The minimum absolute atomic E-state index is 0.0133. The van der Waals surface area contributed by atoms with Crippen LogP contribution in [0.5, 0.6) is 0 Å². The number of carbonyl (C=O) groups excluding carboxylic acids is 2. The zero-order chi connectivity index (χ0) is 32.6. The van der Waals surface area contributed by atoms with Crippen molar-refractivity contribution in [1.82, 2.24) is 20.2 Å². The summed E-state index contributed by atoms with van der Waals surface area (Å²) in [5, 5.41) is 14.8. The molecule has 0 bridgehead atoms. The highest BCUT2D eigenvalue weighted by Gasteiger charge is 2.33. The van der Waals surface area contributed by atoms with Crippen LogP contribution in [0.25, 0.3) is 22.2 Å². The molecule has 4 aromatic carbocycles. The fourth-order valence-corrected chi connectivity index (χ4v) is 5.74. The summed E-state index contributed by atoms with van der Waals surface area (Å²) in [6.45, 7) is 2.69. The quantitative estimate of drug-likeness (QED) is 0.157. The van der Waals surface area contributed by atoms with Gasteiger partial charge in [-0.25, -0.2) is 9.78 Å². The van der Waals surface area contributed by atoms with E-state index in [2.05, 4.69) is 32.3 Å².